The summed E-state index contributed by atoms with van der Waals surface area (Å²) in [5, 5.41) is 0. The second-order valence-electron chi connectivity index (χ2n) is 4.20. The van der Waals surface area contributed by atoms with Gasteiger partial charge < -0.3 is 18.6 Å². The number of methoxy groups -OCH3 is 2. The number of benzene rings is 1. The Morgan fingerprint density at radius 2 is 2.00 bits per heavy atom. The number of oxazole rings is 1. The summed E-state index contributed by atoms with van der Waals surface area (Å²) in [6, 6.07) is 5.34. The number of rotatable bonds is 6. The molecule has 0 amide bonds. The molecule has 0 aliphatic carbocycles. The van der Waals surface area contributed by atoms with Crippen molar-refractivity contribution < 1.29 is 23.4 Å². The van der Waals surface area contributed by atoms with E-state index in [0.29, 0.717) is 29.7 Å². The minimum absolute atomic E-state index is 0.0879. The van der Waals surface area contributed by atoms with E-state index in [1.54, 1.807) is 39.3 Å². The first-order valence-electron chi connectivity index (χ1n) is 6.50. The Balaban J connectivity index is 2.19. The van der Waals surface area contributed by atoms with Crippen LogP contribution in [0.1, 0.15) is 12.6 Å². The van der Waals surface area contributed by atoms with Crippen LogP contribution in [0, 0.1) is 0 Å². The zero-order valence-corrected chi connectivity index (χ0v) is 12.2. The van der Waals surface area contributed by atoms with Gasteiger partial charge in [-0.1, -0.05) is 0 Å². The molecular weight excluding hydrogens is 274 g/mol. The fourth-order valence-corrected chi connectivity index (χ4v) is 1.85. The maximum absolute atomic E-state index is 11.4. The summed E-state index contributed by atoms with van der Waals surface area (Å²) in [6.45, 7) is 2.11. The quantitative estimate of drug-likeness (QED) is 0.761. The Labute approximate surface area is 122 Å². The van der Waals surface area contributed by atoms with Crippen molar-refractivity contribution in [3.05, 3.63) is 30.2 Å². The van der Waals surface area contributed by atoms with Crippen molar-refractivity contribution in [3.63, 3.8) is 0 Å². The predicted molar refractivity (Wildman–Crippen MR) is 75.4 cm³/mol. The number of nitrogens with zero attached hydrogens (tertiary/aromatic N) is 1. The molecule has 0 aliphatic heterocycles. The van der Waals surface area contributed by atoms with Crippen molar-refractivity contribution in [2.24, 2.45) is 0 Å². The highest BCUT2D eigenvalue weighted by Crippen LogP contribution is 2.31. The van der Waals surface area contributed by atoms with Gasteiger partial charge in [-0.2, -0.15) is 0 Å². The lowest BCUT2D eigenvalue weighted by Crippen LogP contribution is -2.07. The van der Waals surface area contributed by atoms with E-state index < -0.39 is 0 Å². The Bertz CT molecular complexity index is 620. The number of hydrogen-bond acceptors (Lipinski definition) is 6. The average molecular weight is 291 g/mol. The van der Waals surface area contributed by atoms with E-state index in [-0.39, 0.29) is 12.4 Å². The molecular formula is C15H17NO5. The Kier molecular flexibility index (Phi) is 4.81. The molecule has 1 aromatic carbocycles. The van der Waals surface area contributed by atoms with E-state index in [2.05, 4.69) is 4.98 Å². The smallest absolute Gasteiger partial charge is 0.311 e. The van der Waals surface area contributed by atoms with E-state index in [1.807, 2.05) is 0 Å². The van der Waals surface area contributed by atoms with Gasteiger partial charge in [0, 0.05) is 5.56 Å². The summed E-state index contributed by atoms with van der Waals surface area (Å²) in [6.07, 6.45) is 1.54. The van der Waals surface area contributed by atoms with Crippen LogP contribution in [0.2, 0.25) is 0 Å². The average Bonchev–Trinajstić information content (AvgIpc) is 2.95. The van der Waals surface area contributed by atoms with Crippen molar-refractivity contribution >= 4 is 5.97 Å². The Hall–Kier alpha value is -2.50. The summed E-state index contributed by atoms with van der Waals surface area (Å²) in [7, 11) is 3.13. The molecule has 1 aromatic heterocycles. The molecule has 1 heterocycles. The van der Waals surface area contributed by atoms with Gasteiger partial charge in [0.1, 0.15) is 6.26 Å². The zero-order chi connectivity index (χ0) is 15.2. The Morgan fingerprint density at radius 1 is 1.24 bits per heavy atom. The van der Waals surface area contributed by atoms with E-state index >= 15 is 0 Å². The third-order valence-electron chi connectivity index (χ3n) is 2.81. The molecule has 112 valence electrons. The minimum atomic E-state index is -0.329. The monoisotopic (exact) mass is 291 g/mol. The van der Waals surface area contributed by atoms with Gasteiger partial charge in [-0.3, -0.25) is 4.79 Å². The molecule has 6 nitrogen and oxygen atoms in total. The van der Waals surface area contributed by atoms with Gasteiger partial charge in [0.2, 0.25) is 5.89 Å². The third-order valence-corrected chi connectivity index (χ3v) is 2.81. The number of carbonyl (C=O) groups is 1. The summed E-state index contributed by atoms with van der Waals surface area (Å²) in [4.78, 5) is 15.7. The third kappa shape index (κ3) is 3.53. The lowest BCUT2D eigenvalue weighted by atomic mass is 10.2. The molecule has 0 aliphatic rings. The molecule has 0 atom stereocenters. The van der Waals surface area contributed by atoms with Crippen molar-refractivity contribution in [1.29, 1.82) is 0 Å². The standard InChI is InChI=1S/C15H17NO5/c1-4-20-14(17)8-11-9-21-15(16-11)10-5-6-12(18-2)13(7-10)19-3/h5-7,9H,4,8H2,1-3H3. The van der Waals surface area contributed by atoms with Crippen LogP contribution in [0.3, 0.4) is 0 Å². The fraction of sp³-hybridized carbons (Fsp3) is 0.333. The highest BCUT2D eigenvalue weighted by molar-refractivity contribution is 5.72. The van der Waals surface area contributed by atoms with Gasteiger partial charge in [-0.05, 0) is 25.1 Å². The first-order chi connectivity index (χ1) is 10.2. The van der Waals surface area contributed by atoms with Crippen LogP contribution < -0.4 is 9.47 Å². The number of ether oxygens (including phenoxy) is 3. The summed E-state index contributed by atoms with van der Waals surface area (Å²) in [5.41, 5.74) is 1.26. The SMILES string of the molecule is CCOC(=O)Cc1coc(-c2ccc(OC)c(OC)c2)n1. The van der Waals surface area contributed by atoms with E-state index in [1.165, 1.54) is 6.26 Å². The van der Waals surface area contributed by atoms with Crippen LogP contribution in [-0.4, -0.2) is 31.8 Å². The molecule has 0 fully saturated rings. The first kappa shape index (κ1) is 14.9. The molecule has 0 unspecified atom stereocenters. The second-order valence-corrected chi connectivity index (χ2v) is 4.20. The van der Waals surface area contributed by atoms with Gasteiger partial charge in [-0.15, -0.1) is 0 Å². The van der Waals surface area contributed by atoms with E-state index in [4.69, 9.17) is 18.6 Å². The molecule has 21 heavy (non-hydrogen) atoms. The van der Waals surface area contributed by atoms with Gasteiger partial charge in [0.15, 0.2) is 11.5 Å². The molecule has 0 N–H and O–H groups in total. The minimum Gasteiger partial charge on any atom is -0.493 e. The molecule has 0 radical (unpaired) electrons. The van der Waals surface area contributed by atoms with Crippen LogP contribution in [0.15, 0.2) is 28.9 Å². The normalized spacial score (nSPS) is 10.2. The van der Waals surface area contributed by atoms with Gasteiger partial charge in [-0.25, -0.2) is 4.98 Å². The maximum Gasteiger partial charge on any atom is 0.311 e. The van der Waals surface area contributed by atoms with E-state index in [9.17, 15) is 4.79 Å². The summed E-state index contributed by atoms with van der Waals surface area (Å²) >= 11 is 0. The highest BCUT2D eigenvalue weighted by Gasteiger charge is 2.13. The van der Waals surface area contributed by atoms with Crippen molar-refractivity contribution in [3.8, 4) is 23.0 Å². The van der Waals surface area contributed by atoms with Gasteiger partial charge in [0.05, 0.1) is 32.9 Å². The topological polar surface area (TPSA) is 70.8 Å². The summed E-state index contributed by atoms with van der Waals surface area (Å²) in [5.74, 6) is 1.29. The summed E-state index contributed by atoms with van der Waals surface area (Å²) < 4.78 is 20.7. The number of esters is 1. The lowest BCUT2D eigenvalue weighted by molar-refractivity contribution is -0.142. The van der Waals surface area contributed by atoms with Crippen LogP contribution in [0.4, 0.5) is 0 Å². The van der Waals surface area contributed by atoms with Crippen molar-refractivity contribution in [2.45, 2.75) is 13.3 Å². The molecule has 0 saturated heterocycles. The van der Waals surface area contributed by atoms with Gasteiger partial charge >= 0.3 is 5.97 Å². The van der Waals surface area contributed by atoms with Crippen LogP contribution in [-0.2, 0) is 16.0 Å². The molecule has 0 spiro atoms. The van der Waals surface area contributed by atoms with Gasteiger partial charge in [0.25, 0.3) is 0 Å². The zero-order valence-electron chi connectivity index (χ0n) is 12.2. The number of hydrogen-bond donors (Lipinski definition) is 0. The highest BCUT2D eigenvalue weighted by atomic mass is 16.5. The number of carbonyl (C=O) groups excluding carboxylic acids is 1. The van der Waals surface area contributed by atoms with E-state index in [0.717, 1.165) is 5.56 Å². The second kappa shape index (κ2) is 6.78. The predicted octanol–water partition coefficient (Wildman–Crippen LogP) is 2.46. The molecule has 2 aromatic rings. The molecule has 0 bridgehead atoms. The van der Waals surface area contributed by atoms with Crippen LogP contribution in [0.25, 0.3) is 11.5 Å². The molecule has 0 saturated carbocycles. The largest absolute Gasteiger partial charge is 0.493 e. The van der Waals surface area contributed by atoms with Crippen LogP contribution >= 0.6 is 0 Å². The number of aromatic nitrogens is 1. The first-order valence-corrected chi connectivity index (χ1v) is 6.50. The van der Waals surface area contributed by atoms with Crippen molar-refractivity contribution in [2.75, 3.05) is 20.8 Å². The molecule has 2 rings (SSSR count). The maximum atomic E-state index is 11.4. The van der Waals surface area contributed by atoms with Crippen molar-refractivity contribution in [1.82, 2.24) is 4.98 Å². The van der Waals surface area contributed by atoms with Crippen LogP contribution in [0.5, 0.6) is 11.5 Å². The molecule has 6 heteroatoms. The Morgan fingerprint density at radius 3 is 2.67 bits per heavy atom. The fourth-order valence-electron chi connectivity index (χ4n) is 1.85. The lowest BCUT2D eigenvalue weighted by Gasteiger charge is -2.07.